The second-order valence-corrected chi connectivity index (χ2v) is 5.53. The van der Waals surface area contributed by atoms with Crippen molar-refractivity contribution in [1.82, 2.24) is 9.97 Å². The van der Waals surface area contributed by atoms with Crippen LogP contribution in [0.1, 0.15) is 5.56 Å². The number of nitrogens with zero attached hydrogens (tertiary/aromatic N) is 3. The van der Waals surface area contributed by atoms with Gasteiger partial charge in [0.15, 0.2) is 11.5 Å². The molecule has 0 unspecified atom stereocenters. The van der Waals surface area contributed by atoms with Crippen LogP contribution >= 0.6 is 15.9 Å². The molecule has 2 aromatic heterocycles. The number of fused-ring (bicyclic) bond motifs is 1. The SMILES string of the molecule is Oc1[nH]c2ccc(Br)cc2c1N=Nc1ccc(C(F)(F)F)cn1. The molecule has 9 heteroatoms. The van der Waals surface area contributed by atoms with Crippen LogP contribution < -0.4 is 0 Å². The Balaban J connectivity index is 1.94. The minimum absolute atomic E-state index is 0.00162. The van der Waals surface area contributed by atoms with E-state index in [2.05, 4.69) is 36.1 Å². The number of pyridine rings is 1. The molecule has 0 amide bonds. The van der Waals surface area contributed by atoms with Crippen molar-refractivity contribution < 1.29 is 18.3 Å². The maximum atomic E-state index is 12.5. The summed E-state index contributed by atoms with van der Waals surface area (Å²) in [5, 5.41) is 18.1. The molecule has 23 heavy (non-hydrogen) atoms. The van der Waals surface area contributed by atoms with E-state index < -0.39 is 11.7 Å². The maximum absolute atomic E-state index is 12.5. The third-order valence-electron chi connectivity index (χ3n) is 3.04. The quantitative estimate of drug-likeness (QED) is 0.575. The number of benzene rings is 1. The Bertz CT molecular complexity index is 887. The molecule has 0 spiro atoms. The number of hydrogen-bond donors (Lipinski definition) is 2. The van der Waals surface area contributed by atoms with Gasteiger partial charge in [-0.2, -0.15) is 13.2 Å². The zero-order chi connectivity index (χ0) is 16.6. The van der Waals surface area contributed by atoms with Gasteiger partial charge in [0.2, 0.25) is 5.88 Å². The number of aromatic hydroxyl groups is 1. The molecule has 5 nitrogen and oxygen atoms in total. The van der Waals surface area contributed by atoms with Crippen molar-refractivity contribution in [2.75, 3.05) is 0 Å². The van der Waals surface area contributed by atoms with E-state index in [-0.39, 0.29) is 17.4 Å². The Morgan fingerprint density at radius 3 is 2.57 bits per heavy atom. The Labute approximate surface area is 136 Å². The standard InChI is InChI=1S/C14H8BrF3N4O/c15-8-2-3-10-9(5-8)12(13(23)20-10)22-21-11-4-1-7(6-19-11)14(16,17)18/h1-6,20,23H. The van der Waals surface area contributed by atoms with E-state index in [0.29, 0.717) is 17.1 Å². The molecular weight excluding hydrogens is 377 g/mol. The average molecular weight is 385 g/mol. The number of nitrogens with one attached hydrogen (secondary N) is 1. The summed E-state index contributed by atoms with van der Waals surface area (Å²) < 4.78 is 38.2. The summed E-state index contributed by atoms with van der Waals surface area (Å²) >= 11 is 3.31. The van der Waals surface area contributed by atoms with E-state index in [0.717, 1.165) is 16.6 Å². The summed E-state index contributed by atoms with van der Waals surface area (Å²) in [6.07, 6.45) is -3.77. The highest BCUT2D eigenvalue weighted by Crippen LogP contribution is 2.37. The van der Waals surface area contributed by atoms with Crippen LogP contribution in [0.4, 0.5) is 24.7 Å². The summed E-state index contributed by atoms with van der Waals surface area (Å²) in [6, 6.07) is 7.24. The number of alkyl halides is 3. The first-order chi connectivity index (χ1) is 10.8. The van der Waals surface area contributed by atoms with Crippen molar-refractivity contribution in [3.63, 3.8) is 0 Å². The molecule has 0 aliphatic heterocycles. The van der Waals surface area contributed by atoms with Crippen LogP contribution in [0.2, 0.25) is 0 Å². The third kappa shape index (κ3) is 3.19. The van der Waals surface area contributed by atoms with Crippen molar-refractivity contribution >= 4 is 38.3 Å². The van der Waals surface area contributed by atoms with Gasteiger partial charge in [-0.25, -0.2) is 4.98 Å². The number of rotatable bonds is 2. The smallest absolute Gasteiger partial charge is 0.417 e. The lowest BCUT2D eigenvalue weighted by molar-refractivity contribution is -0.137. The Kier molecular flexibility index (Phi) is 3.80. The molecule has 2 N–H and O–H groups in total. The zero-order valence-electron chi connectivity index (χ0n) is 11.3. The van der Waals surface area contributed by atoms with Gasteiger partial charge in [-0.05, 0) is 30.3 Å². The number of azo groups is 1. The van der Waals surface area contributed by atoms with Crippen LogP contribution in [0.25, 0.3) is 10.9 Å². The number of aromatic amines is 1. The fourth-order valence-corrected chi connectivity index (χ4v) is 2.31. The molecule has 0 atom stereocenters. The van der Waals surface area contributed by atoms with Gasteiger partial charge in [0.1, 0.15) is 0 Å². The summed E-state index contributed by atoms with van der Waals surface area (Å²) in [7, 11) is 0. The van der Waals surface area contributed by atoms with E-state index in [1.54, 1.807) is 18.2 Å². The van der Waals surface area contributed by atoms with Crippen LogP contribution in [0.15, 0.2) is 51.2 Å². The predicted octanol–water partition coefficient (Wildman–Crippen LogP) is 5.47. The third-order valence-corrected chi connectivity index (χ3v) is 3.54. The van der Waals surface area contributed by atoms with Crippen molar-refractivity contribution in [3.8, 4) is 5.88 Å². The monoisotopic (exact) mass is 384 g/mol. The van der Waals surface area contributed by atoms with Gasteiger partial charge < -0.3 is 10.1 Å². The van der Waals surface area contributed by atoms with Gasteiger partial charge in [-0.3, -0.25) is 0 Å². The van der Waals surface area contributed by atoms with E-state index >= 15 is 0 Å². The van der Waals surface area contributed by atoms with Gasteiger partial charge in [0.05, 0.1) is 11.1 Å². The van der Waals surface area contributed by atoms with Gasteiger partial charge >= 0.3 is 6.18 Å². The molecule has 0 bridgehead atoms. The van der Waals surface area contributed by atoms with Crippen LogP contribution in [0.5, 0.6) is 5.88 Å². The molecule has 2 heterocycles. The molecule has 0 saturated carbocycles. The molecule has 0 aliphatic rings. The topological polar surface area (TPSA) is 73.6 Å². The van der Waals surface area contributed by atoms with Gasteiger partial charge in [0.25, 0.3) is 0 Å². The molecule has 3 rings (SSSR count). The first-order valence-electron chi connectivity index (χ1n) is 6.30. The summed E-state index contributed by atoms with van der Waals surface area (Å²) in [4.78, 5) is 6.32. The van der Waals surface area contributed by atoms with Crippen molar-refractivity contribution in [2.45, 2.75) is 6.18 Å². The average Bonchev–Trinajstić information content (AvgIpc) is 2.79. The van der Waals surface area contributed by atoms with Crippen molar-refractivity contribution in [3.05, 3.63) is 46.6 Å². The number of H-pyrrole nitrogens is 1. The minimum atomic E-state index is -4.45. The first kappa shape index (κ1) is 15.5. The highest BCUT2D eigenvalue weighted by atomic mass is 79.9. The minimum Gasteiger partial charge on any atom is -0.493 e. The second-order valence-electron chi connectivity index (χ2n) is 4.61. The lowest BCUT2D eigenvalue weighted by Gasteiger charge is -2.04. The number of aromatic nitrogens is 2. The molecule has 3 aromatic rings. The molecule has 118 valence electrons. The molecule has 1 aromatic carbocycles. The van der Waals surface area contributed by atoms with E-state index in [9.17, 15) is 18.3 Å². The normalized spacial score (nSPS) is 12.3. The molecule has 0 radical (unpaired) electrons. The zero-order valence-corrected chi connectivity index (χ0v) is 12.9. The van der Waals surface area contributed by atoms with Crippen LogP contribution in [-0.4, -0.2) is 15.1 Å². The van der Waals surface area contributed by atoms with E-state index in [4.69, 9.17) is 0 Å². The Morgan fingerprint density at radius 2 is 1.91 bits per heavy atom. The molecule has 0 saturated heterocycles. The summed E-state index contributed by atoms with van der Waals surface area (Å²) in [6.45, 7) is 0. The van der Waals surface area contributed by atoms with Crippen molar-refractivity contribution in [2.24, 2.45) is 10.2 Å². The molecular formula is C14H8BrF3N4O. The predicted molar refractivity (Wildman–Crippen MR) is 81.1 cm³/mol. The maximum Gasteiger partial charge on any atom is 0.417 e. The molecule has 0 aliphatic carbocycles. The highest BCUT2D eigenvalue weighted by Gasteiger charge is 2.30. The Hall–Kier alpha value is -2.42. The van der Waals surface area contributed by atoms with E-state index in [1.807, 2.05) is 0 Å². The molecule has 0 fully saturated rings. The second kappa shape index (κ2) is 5.65. The van der Waals surface area contributed by atoms with Gasteiger partial charge in [-0.15, -0.1) is 10.2 Å². The fourth-order valence-electron chi connectivity index (χ4n) is 1.95. The highest BCUT2D eigenvalue weighted by molar-refractivity contribution is 9.10. The Morgan fingerprint density at radius 1 is 1.13 bits per heavy atom. The van der Waals surface area contributed by atoms with Crippen LogP contribution in [0, 0.1) is 0 Å². The number of hydrogen-bond acceptors (Lipinski definition) is 4. The summed E-state index contributed by atoms with van der Waals surface area (Å²) in [5.41, 5.74) is -0.0293. The van der Waals surface area contributed by atoms with Gasteiger partial charge in [-0.1, -0.05) is 15.9 Å². The summed E-state index contributed by atoms with van der Waals surface area (Å²) in [5.74, 6) is -0.185. The van der Waals surface area contributed by atoms with Crippen LogP contribution in [-0.2, 0) is 6.18 Å². The first-order valence-corrected chi connectivity index (χ1v) is 7.09. The van der Waals surface area contributed by atoms with Gasteiger partial charge in [0, 0.05) is 16.1 Å². The van der Waals surface area contributed by atoms with Crippen molar-refractivity contribution in [1.29, 1.82) is 0 Å². The van der Waals surface area contributed by atoms with E-state index in [1.165, 1.54) is 0 Å². The fraction of sp³-hybridized carbons (Fsp3) is 0.0714. The van der Waals surface area contributed by atoms with Crippen LogP contribution in [0.3, 0.4) is 0 Å². The number of halogens is 4. The lowest BCUT2D eigenvalue weighted by Crippen LogP contribution is -2.04. The largest absolute Gasteiger partial charge is 0.493 e. The lowest BCUT2D eigenvalue weighted by atomic mass is 10.2.